The largest absolute Gasteiger partial charge is 1.00 e. The first kappa shape index (κ1) is 55.0. The summed E-state index contributed by atoms with van der Waals surface area (Å²) in [5.41, 5.74) is 2.96. The van der Waals surface area contributed by atoms with E-state index in [1.807, 2.05) is 0 Å². The minimum Gasteiger partial charge on any atom is -0.545 e. The summed E-state index contributed by atoms with van der Waals surface area (Å²) in [4.78, 5) is 58.7. The number of allylic oxidation sites excluding steroid dienone is 1. The topological polar surface area (TPSA) is 336 Å². The molecule has 2 aromatic heterocycles. The van der Waals surface area contributed by atoms with Crippen LogP contribution >= 0.6 is 23.1 Å². The van der Waals surface area contributed by atoms with Crippen molar-refractivity contribution in [2.45, 2.75) is 25.1 Å². The predicted octanol–water partition coefficient (Wildman–Crippen LogP) is -12.2. The Morgan fingerprint density at radius 1 is 0.727 bits per heavy atom. The zero-order valence-corrected chi connectivity index (χ0v) is 44.9. The van der Waals surface area contributed by atoms with E-state index in [-0.39, 0.29) is 257 Å². The van der Waals surface area contributed by atoms with Crippen molar-refractivity contribution in [1.82, 2.24) is 25.1 Å². The van der Waals surface area contributed by atoms with Gasteiger partial charge in [-0.05, 0) is 64.9 Å². The second-order valence-electron chi connectivity index (χ2n) is 11.1. The first-order chi connectivity index (χ1) is 23.9. The molecule has 20 nitrogen and oxygen atoms in total. The summed E-state index contributed by atoms with van der Waals surface area (Å²) in [7, 11) is 0. The number of carbonyl (C=O) groups is 4. The smallest absolute Gasteiger partial charge is 0.545 e. The maximum absolute atomic E-state index is 11.5. The van der Waals surface area contributed by atoms with Gasteiger partial charge in [0.15, 0.2) is 4.34 Å². The fourth-order valence-corrected chi connectivity index (χ4v) is 4.94. The molecule has 26 heteroatoms. The molecule has 2 heterocycles. The zero-order valence-electron chi connectivity index (χ0n) is 30.8. The normalized spacial score (nSPS) is 11.0. The first-order valence-corrected chi connectivity index (χ1v) is 16.1. The van der Waals surface area contributed by atoms with Crippen molar-refractivity contribution in [3.05, 3.63) is 70.2 Å². The summed E-state index contributed by atoms with van der Waals surface area (Å²) in [5, 5.41) is 79.1. The number of carbonyl (C=O) groups excluding carboxylic acids is 4. The van der Waals surface area contributed by atoms with Crippen molar-refractivity contribution >= 4 is 87.0 Å². The Morgan fingerprint density at radius 3 is 1.47 bits per heavy atom. The van der Waals surface area contributed by atoms with E-state index in [4.69, 9.17) is 11.1 Å². The van der Waals surface area contributed by atoms with Crippen molar-refractivity contribution in [2.24, 2.45) is 21.4 Å². The maximum Gasteiger partial charge on any atom is 1.00 e. The number of thioether (sulfide) groups is 1. The predicted molar refractivity (Wildman–Crippen MR) is 175 cm³/mol. The van der Waals surface area contributed by atoms with E-state index in [1.165, 1.54) is 11.8 Å². The van der Waals surface area contributed by atoms with E-state index in [9.17, 15) is 39.6 Å². The Morgan fingerprint density at radius 2 is 1.13 bits per heavy atom. The number of anilines is 5. The van der Waals surface area contributed by atoms with Crippen molar-refractivity contribution < 1.29 is 245 Å². The van der Waals surface area contributed by atoms with Crippen molar-refractivity contribution in [1.29, 1.82) is 5.41 Å². The molecule has 6 N–H and O–H groups in total. The quantitative estimate of drug-likeness (QED) is 0.0340. The minimum absolute atomic E-state index is 0. The molecule has 264 valence electrons. The van der Waals surface area contributed by atoms with E-state index in [0.717, 1.165) is 47.7 Å². The number of nitrogens with two attached hydrogens (primary N) is 1. The number of nitrogens with one attached hydrogen (secondary N) is 4. The van der Waals surface area contributed by atoms with Gasteiger partial charge in [-0.1, -0.05) is 43.9 Å². The van der Waals surface area contributed by atoms with E-state index >= 15 is 0 Å². The van der Waals surface area contributed by atoms with Crippen LogP contribution < -0.4 is 248 Å². The molecule has 0 bridgehead atoms. The molecule has 0 aliphatic rings. The summed E-state index contributed by atoms with van der Waals surface area (Å²) in [6.07, 6.45) is 1.80. The molecular weight excluding hydrogens is 865 g/mol. The van der Waals surface area contributed by atoms with E-state index in [0.29, 0.717) is 4.34 Å². The molecule has 0 spiro atoms. The summed E-state index contributed by atoms with van der Waals surface area (Å²) >= 11 is 2.48. The van der Waals surface area contributed by atoms with Gasteiger partial charge < -0.3 is 66.7 Å². The minimum atomic E-state index is -1.70. The van der Waals surface area contributed by atoms with E-state index in [2.05, 4.69) is 51.3 Å². The summed E-state index contributed by atoms with van der Waals surface area (Å²) in [5.74, 6) is -8.16. The first-order valence-electron chi connectivity index (χ1n) is 14.0. The van der Waals surface area contributed by atoms with Gasteiger partial charge in [0.05, 0.1) is 29.6 Å². The Labute approximate surface area is 491 Å². The van der Waals surface area contributed by atoms with Crippen LogP contribution in [0.15, 0.2) is 62.5 Å². The van der Waals surface area contributed by atoms with Crippen molar-refractivity contribution in [2.75, 3.05) is 22.2 Å². The average molecular weight is 889 g/mol. The Balaban J connectivity index is 0.00000729. The van der Waals surface area contributed by atoms with Crippen LogP contribution in [0.25, 0.3) is 0 Å². The number of aromatic carboxylic acids is 4. The molecule has 0 fully saturated rings. The molecule has 4 rings (SSSR count). The van der Waals surface area contributed by atoms with Gasteiger partial charge in [-0.25, -0.2) is 0 Å². The second kappa shape index (κ2) is 24.9. The Kier molecular flexibility index (Phi) is 24.9. The number of benzene rings is 2. The molecule has 0 saturated heterocycles. The van der Waals surface area contributed by atoms with Gasteiger partial charge in [0.2, 0.25) is 17.8 Å². The number of azo groups is 1. The Hall–Kier alpha value is -0.00455. The van der Waals surface area contributed by atoms with E-state index < -0.39 is 51.5 Å². The van der Waals surface area contributed by atoms with Crippen LogP contribution in [0.5, 0.6) is 0 Å². The summed E-state index contributed by atoms with van der Waals surface area (Å²) < 4.78 is 0.616. The molecule has 4 aromatic rings. The van der Waals surface area contributed by atoms with Crippen LogP contribution in [0.1, 0.15) is 62.2 Å². The van der Waals surface area contributed by atoms with Crippen LogP contribution in [0.2, 0.25) is 0 Å². The van der Waals surface area contributed by atoms with Crippen LogP contribution in [-0.2, 0) is 0 Å². The van der Waals surface area contributed by atoms with Crippen molar-refractivity contribution in [3.63, 3.8) is 0 Å². The number of carboxylic acids is 4. The molecule has 55 heavy (non-hydrogen) atoms. The fourth-order valence-electron chi connectivity index (χ4n) is 3.86. The number of aromatic nitrogens is 5. The standard InChI is InChI=1S/C29H28N12O8S2.4K/c1-29(2,3)18(30)17(38-39-27-40-41-28(50-4)51-27)19(31)34-26-36-24(32-15-7-11(20(42)43)5-12(8-15)21(44)45)35-25(37-26)33-16-9-13(22(46)47)6-14(10-16)23(48)49;;;;/h5-10,30H,31H2,1-4H3,(H,42,43)(H,44,45)(H,46,47)(H,48,49)(H3,32,33,34,35,36,37);;;;/q;4*+1/p-4/b19-17+,30-18?,39-38?;;;;. The number of rotatable bonds is 14. The van der Waals surface area contributed by atoms with Gasteiger partial charge in [0.25, 0.3) is 5.13 Å². The number of hydrogen-bond donors (Lipinski definition) is 5. The molecule has 0 amide bonds. The molecule has 0 unspecified atom stereocenters. The summed E-state index contributed by atoms with van der Waals surface area (Å²) in [6, 6.07) is 5.72. The van der Waals surface area contributed by atoms with Gasteiger partial charge in [-0.15, -0.1) is 20.4 Å². The molecule has 0 aliphatic carbocycles. The van der Waals surface area contributed by atoms with Gasteiger partial charge in [-0.3, -0.25) is 0 Å². The monoisotopic (exact) mass is 888 g/mol. The van der Waals surface area contributed by atoms with Crippen LogP contribution in [0, 0.1) is 10.8 Å². The third-order valence-corrected chi connectivity index (χ3v) is 8.03. The number of hydrogen-bond acceptors (Lipinski definition) is 22. The zero-order chi connectivity index (χ0) is 37.6. The van der Waals surface area contributed by atoms with Gasteiger partial charge in [-0.2, -0.15) is 15.0 Å². The van der Waals surface area contributed by atoms with Crippen LogP contribution in [0.4, 0.5) is 34.4 Å². The maximum atomic E-state index is 11.5. The fraction of sp³-hybridized carbons (Fsp3) is 0.172. The van der Waals surface area contributed by atoms with Gasteiger partial charge in [0.1, 0.15) is 11.5 Å². The molecule has 2 aromatic carbocycles. The second-order valence-corrected chi connectivity index (χ2v) is 13.1. The van der Waals surface area contributed by atoms with E-state index in [1.54, 1.807) is 27.0 Å². The van der Waals surface area contributed by atoms with Crippen LogP contribution in [-0.4, -0.2) is 61.0 Å². The van der Waals surface area contributed by atoms with Crippen LogP contribution in [0.3, 0.4) is 0 Å². The Bertz CT molecular complexity index is 1990. The number of nitrogens with zero attached hydrogens (tertiary/aromatic N) is 7. The SMILES string of the molecule is CSc1nnc(N=N/C(C(=N)C(C)(C)C)=C(\N)Nc2nc(Nc3cc(C(=O)[O-])cc(C(=O)[O-])c3)nc(Nc3cc(C(=O)[O-])cc(C(=O)[O-])c3)n2)s1.[K+].[K+].[K+].[K+]. The van der Waals surface area contributed by atoms with Gasteiger partial charge >= 0.3 is 206 Å². The summed E-state index contributed by atoms with van der Waals surface area (Å²) in [6.45, 7) is 5.18. The van der Waals surface area contributed by atoms with Crippen molar-refractivity contribution in [3.8, 4) is 0 Å². The average Bonchev–Trinajstić information content (AvgIpc) is 3.52. The molecule has 0 saturated carbocycles. The molecule has 0 atom stereocenters. The third-order valence-electron chi connectivity index (χ3n) is 6.25. The molecular formula is C29H24K4N12O8S2. The number of carboxylic acid groups (broad SMARTS) is 4. The molecule has 0 radical (unpaired) electrons. The third kappa shape index (κ3) is 16.5. The molecule has 0 aliphatic heterocycles. The van der Waals surface area contributed by atoms with Gasteiger partial charge in [0, 0.05) is 16.8 Å².